The van der Waals surface area contributed by atoms with Gasteiger partial charge in [-0.1, -0.05) is 25.0 Å². The maximum atomic E-state index is 10.0. The van der Waals surface area contributed by atoms with Crippen molar-refractivity contribution in [2.75, 3.05) is 6.61 Å². The highest BCUT2D eigenvalue weighted by atomic mass is 16.5. The molecule has 2 aliphatic rings. The SMILES string of the molecule is O[C@@H]1CCCC[C@H]1c1ccc(OCC2CC2)cc1. The van der Waals surface area contributed by atoms with Crippen molar-refractivity contribution < 1.29 is 9.84 Å². The molecule has 0 radical (unpaired) electrons. The van der Waals surface area contributed by atoms with E-state index in [4.69, 9.17) is 4.74 Å². The van der Waals surface area contributed by atoms with Crippen LogP contribution in [0.5, 0.6) is 5.75 Å². The first-order valence-corrected chi connectivity index (χ1v) is 7.24. The Morgan fingerprint density at radius 2 is 1.72 bits per heavy atom. The van der Waals surface area contributed by atoms with Crippen LogP contribution in [0.3, 0.4) is 0 Å². The molecule has 2 aliphatic carbocycles. The Morgan fingerprint density at radius 3 is 2.39 bits per heavy atom. The Labute approximate surface area is 109 Å². The largest absolute Gasteiger partial charge is 0.493 e. The van der Waals surface area contributed by atoms with Crippen LogP contribution < -0.4 is 4.74 Å². The standard InChI is InChI=1S/C16H22O2/c17-16-4-2-1-3-15(16)13-7-9-14(10-8-13)18-11-12-5-6-12/h7-10,12,15-17H,1-6,11H2/t15-,16+/m0/s1. The normalized spacial score (nSPS) is 28.1. The third kappa shape index (κ3) is 2.86. The van der Waals surface area contributed by atoms with Gasteiger partial charge < -0.3 is 9.84 Å². The topological polar surface area (TPSA) is 29.5 Å². The van der Waals surface area contributed by atoms with Crippen molar-refractivity contribution in [3.8, 4) is 5.75 Å². The number of hydrogen-bond acceptors (Lipinski definition) is 2. The maximum Gasteiger partial charge on any atom is 0.119 e. The summed E-state index contributed by atoms with van der Waals surface area (Å²) in [6, 6.07) is 8.36. The molecule has 3 rings (SSSR count). The van der Waals surface area contributed by atoms with E-state index in [0.29, 0.717) is 5.92 Å². The summed E-state index contributed by atoms with van der Waals surface area (Å²) in [5, 5.41) is 10.0. The lowest BCUT2D eigenvalue weighted by molar-refractivity contribution is 0.106. The fourth-order valence-electron chi connectivity index (χ4n) is 2.81. The average Bonchev–Trinajstić information content (AvgIpc) is 3.22. The fourth-order valence-corrected chi connectivity index (χ4v) is 2.81. The third-order valence-corrected chi connectivity index (χ3v) is 4.22. The number of benzene rings is 1. The van der Waals surface area contributed by atoms with Gasteiger partial charge in [-0.15, -0.1) is 0 Å². The van der Waals surface area contributed by atoms with Crippen LogP contribution in [0, 0.1) is 5.92 Å². The molecule has 18 heavy (non-hydrogen) atoms. The van der Waals surface area contributed by atoms with Gasteiger partial charge in [0.05, 0.1) is 12.7 Å². The van der Waals surface area contributed by atoms with Crippen molar-refractivity contribution >= 4 is 0 Å². The number of aliphatic hydroxyl groups excluding tert-OH is 1. The summed E-state index contributed by atoms with van der Waals surface area (Å²) >= 11 is 0. The summed E-state index contributed by atoms with van der Waals surface area (Å²) in [5.41, 5.74) is 1.26. The van der Waals surface area contributed by atoms with Gasteiger partial charge in [0.2, 0.25) is 0 Å². The van der Waals surface area contributed by atoms with E-state index < -0.39 is 0 Å². The molecule has 2 saturated carbocycles. The highest BCUT2D eigenvalue weighted by molar-refractivity contribution is 5.30. The minimum absolute atomic E-state index is 0.156. The minimum Gasteiger partial charge on any atom is -0.493 e. The number of ether oxygens (including phenoxy) is 1. The maximum absolute atomic E-state index is 10.0. The van der Waals surface area contributed by atoms with E-state index in [1.165, 1.54) is 31.2 Å². The Kier molecular flexibility index (Phi) is 3.55. The van der Waals surface area contributed by atoms with Gasteiger partial charge >= 0.3 is 0 Å². The van der Waals surface area contributed by atoms with E-state index in [1.54, 1.807) is 0 Å². The van der Waals surface area contributed by atoms with E-state index in [1.807, 2.05) is 0 Å². The molecule has 0 unspecified atom stereocenters. The Bertz CT molecular complexity index is 381. The quantitative estimate of drug-likeness (QED) is 0.881. The summed E-state index contributed by atoms with van der Waals surface area (Å²) in [4.78, 5) is 0. The molecule has 0 aliphatic heterocycles. The molecule has 98 valence electrons. The molecule has 2 fully saturated rings. The number of aliphatic hydroxyl groups is 1. The van der Waals surface area contributed by atoms with Gasteiger partial charge in [0.25, 0.3) is 0 Å². The molecule has 0 bridgehead atoms. The predicted molar refractivity (Wildman–Crippen MR) is 71.9 cm³/mol. The van der Waals surface area contributed by atoms with Crippen LogP contribution in [0.25, 0.3) is 0 Å². The van der Waals surface area contributed by atoms with Crippen molar-refractivity contribution in [1.82, 2.24) is 0 Å². The van der Waals surface area contributed by atoms with Crippen LogP contribution in [0.1, 0.15) is 50.0 Å². The molecule has 2 heteroatoms. The van der Waals surface area contributed by atoms with Crippen LogP contribution in [-0.4, -0.2) is 17.8 Å². The zero-order chi connectivity index (χ0) is 12.4. The first-order valence-electron chi connectivity index (χ1n) is 7.24. The number of rotatable bonds is 4. The van der Waals surface area contributed by atoms with Gasteiger partial charge in [0.15, 0.2) is 0 Å². The Hall–Kier alpha value is -1.02. The molecule has 0 spiro atoms. The third-order valence-electron chi connectivity index (χ3n) is 4.22. The van der Waals surface area contributed by atoms with Crippen molar-refractivity contribution in [3.63, 3.8) is 0 Å². The zero-order valence-corrected chi connectivity index (χ0v) is 10.8. The smallest absolute Gasteiger partial charge is 0.119 e. The van der Waals surface area contributed by atoms with Gasteiger partial charge in [0, 0.05) is 5.92 Å². The Morgan fingerprint density at radius 1 is 1.00 bits per heavy atom. The van der Waals surface area contributed by atoms with Gasteiger partial charge in [0.1, 0.15) is 5.75 Å². The van der Waals surface area contributed by atoms with Crippen LogP contribution in [0.15, 0.2) is 24.3 Å². The van der Waals surface area contributed by atoms with Crippen LogP contribution in [0.4, 0.5) is 0 Å². The first kappa shape index (κ1) is 12.0. The molecule has 1 aromatic rings. The highest BCUT2D eigenvalue weighted by Gasteiger charge is 2.24. The summed E-state index contributed by atoms with van der Waals surface area (Å²) in [6.45, 7) is 0.866. The lowest BCUT2D eigenvalue weighted by Crippen LogP contribution is -2.22. The Balaban J connectivity index is 1.61. The summed E-state index contributed by atoms with van der Waals surface area (Å²) in [6.07, 6.45) is 6.96. The molecular formula is C16H22O2. The van der Waals surface area contributed by atoms with Crippen molar-refractivity contribution in [1.29, 1.82) is 0 Å². The van der Waals surface area contributed by atoms with E-state index in [-0.39, 0.29) is 6.10 Å². The highest BCUT2D eigenvalue weighted by Crippen LogP contribution is 2.34. The summed E-state index contributed by atoms with van der Waals surface area (Å²) in [5.74, 6) is 2.09. The molecule has 0 saturated heterocycles. The molecule has 0 aromatic heterocycles. The second kappa shape index (κ2) is 5.31. The van der Waals surface area contributed by atoms with Crippen LogP contribution in [-0.2, 0) is 0 Å². The lowest BCUT2D eigenvalue weighted by Gasteiger charge is -2.28. The number of hydrogen-bond donors (Lipinski definition) is 1. The molecule has 1 N–H and O–H groups in total. The molecule has 2 atom stereocenters. The summed E-state index contributed by atoms with van der Waals surface area (Å²) in [7, 11) is 0. The minimum atomic E-state index is -0.156. The van der Waals surface area contributed by atoms with Crippen LogP contribution >= 0.6 is 0 Å². The van der Waals surface area contributed by atoms with E-state index in [2.05, 4.69) is 24.3 Å². The molecule has 2 nitrogen and oxygen atoms in total. The van der Waals surface area contributed by atoms with Gasteiger partial charge in [-0.05, 0) is 49.3 Å². The van der Waals surface area contributed by atoms with E-state index >= 15 is 0 Å². The first-order chi connectivity index (χ1) is 8.83. The summed E-state index contributed by atoms with van der Waals surface area (Å²) < 4.78 is 5.74. The van der Waals surface area contributed by atoms with Crippen molar-refractivity contribution in [3.05, 3.63) is 29.8 Å². The molecule has 0 amide bonds. The second-order valence-corrected chi connectivity index (χ2v) is 5.78. The fraction of sp³-hybridized carbons (Fsp3) is 0.625. The average molecular weight is 246 g/mol. The molecule has 1 aromatic carbocycles. The van der Waals surface area contributed by atoms with E-state index in [0.717, 1.165) is 31.1 Å². The monoisotopic (exact) mass is 246 g/mol. The van der Waals surface area contributed by atoms with Crippen molar-refractivity contribution in [2.24, 2.45) is 5.92 Å². The van der Waals surface area contributed by atoms with Gasteiger partial charge in [-0.3, -0.25) is 0 Å². The predicted octanol–water partition coefficient (Wildman–Crippen LogP) is 3.49. The van der Waals surface area contributed by atoms with Crippen molar-refractivity contribution in [2.45, 2.75) is 50.5 Å². The van der Waals surface area contributed by atoms with Gasteiger partial charge in [-0.25, -0.2) is 0 Å². The second-order valence-electron chi connectivity index (χ2n) is 5.78. The van der Waals surface area contributed by atoms with Gasteiger partial charge in [-0.2, -0.15) is 0 Å². The lowest BCUT2D eigenvalue weighted by atomic mass is 9.82. The van der Waals surface area contributed by atoms with Crippen LogP contribution in [0.2, 0.25) is 0 Å². The van der Waals surface area contributed by atoms with E-state index in [9.17, 15) is 5.11 Å². The molecule has 0 heterocycles. The molecular weight excluding hydrogens is 224 g/mol. The zero-order valence-electron chi connectivity index (χ0n) is 10.8.